The van der Waals surface area contributed by atoms with Crippen LogP contribution in [-0.4, -0.2) is 21.5 Å². The van der Waals surface area contributed by atoms with Crippen molar-refractivity contribution >= 4 is 0 Å². The molecule has 0 fully saturated rings. The number of benzene rings is 2. The van der Waals surface area contributed by atoms with Crippen LogP contribution in [0.15, 0.2) is 53.3 Å². The van der Waals surface area contributed by atoms with Gasteiger partial charge in [-0.15, -0.1) is 0 Å². The number of ether oxygens (including phenoxy) is 1. The van der Waals surface area contributed by atoms with Crippen molar-refractivity contribution in [3.63, 3.8) is 0 Å². The molecule has 0 N–H and O–H groups in total. The molecule has 0 saturated heterocycles. The van der Waals surface area contributed by atoms with Crippen LogP contribution in [0.25, 0.3) is 5.69 Å². The van der Waals surface area contributed by atoms with E-state index in [1.54, 1.807) is 38.3 Å². The smallest absolute Gasteiger partial charge is 0.416 e. The van der Waals surface area contributed by atoms with Crippen LogP contribution in [0, 0.1) is 6.92 Å². The number of alkyl halides is 3. The van der Waals surface area contributed by atoms with Gasteiger partial charge in [-0.05, 0) is 42.8 Å². The van der Waals surface area contributed by atoms with Gasteiger partial charge in [0.15, 0.2) is 0 Å². The third-order valence-corrected chi connectivity index (χ3v) is 3.92. The third kappa shape index (κ3) is 3.49. The Balaban J connectivity index is 1.97. The first kappa shape index (κ1) is 17.8. The Morgan fingerprint density at radius 2 is 1.81 bits per heavy atom. The predicted octanol–water partition coefficient (Wildman–Crippen LogP) is 3.42. The monoisotopic (exact) mass is 363 g/mol. The van der Waals surface area contributed by atoms with Gasteiger partial charge in [0, 0.05) is 0 Å². The average Bonchev–Trinajstić information content (AvgIpc) is 2.88. The molecule has 0 amide bonds. The number of rotatable bonds is 4. The van der Waals surface area contributed by atoms with E-state index in [1.807, 2.05) is 0 Å². The van der Waals surface area contributed by atoms with E-state index >= 15 is 0 Å². The first-order valence-corrected chi connectivity index (χ1v) is 7.76. The second-order valence-electron chi connectivity index (χ2n) is 5.72. The van der Waals surface area contributed by atoms with Crippen LogP contribution in [0.5, 0.6) is 5.75 Å². The molecule has 0 unspecified atom stereocenters. The minimum absolute atomic E-state index is 0.128. The van der Waals surface area contributed by atoms with E-state index in [0.717, 1.165) is 17.7 Å². The molecule has 1 aromatic heterocycles. The van der Waals surface area contributed by atoms with Crippen molar-refractivity contribution in [2.45, 2.75) is 19.6 Å². The molecule has 136 valence electrons. The maximum Gasteiger partial charge on any atom is 0.416 e. The van der Waals surface area contributed by atoms with Gasteiger partial charge in [-0.25, -0.2) is 14.0 Å². The Kier molecular flexibility index (Phi) is 4.58. The molecule has 2 aromatic carbocycles. The number of hydrogen-bond acceptors (Lipinski definition) is 3. The molecular formula is C18H16F3N3O2. The summed E-state index contributed by atoms with van der Waals surface area (Å²) >= 11 is 0. The zero-order valence-corrected chi connectivity index (χ0v) is 14.1. The maximum absolute atomic E-state index is 12.9. The second kappa shape index (κ2) is 6.70. The Morgan fingerprint density at radius 1 is 1.12 bits per heavy atom. The fraction of sp³-hybridized carbons (Fsp3) is 0.222. The topological polar surface area (TPSA) is 49.0 Å². The number of aromatic nitrogens is 3. The Labute approximate surface area is 147 Å². The van der Waals surface area contributed by atoms with Crippen molar-refractivity contribution in [2.75, 3.05) is 7.11 Å². The van der Waals surface area contributed by atoms with Gasteiger partial charge in [0.1, 0.15) is 11.6 Å². The minimum Gasteiger partial charge on any atom is -0.497 e. The molecule has 1 heterocycles. The Morgan fingerprint density at radius 3 is 2.42 bits per heavy atom. The molecule has 3 rings (SSSR count). The highest BCUT2D eigenvalue weighted by molar-refractivity contribution is 5.37. The lowest BCUT2D eigenvalue weighted by Gasteiger charge is -2.09. The standard InChI is InChI=1S/C18H16F3N3O2/c1-12-22-23(11-13-6-8-16(26-2)9-7-13)17(25)24(12)15-5-3-4-14(10-15)18(19,20)21/h3-10H,11H2,1-2H3. The fourth-order valence-corrected chi connectivity index (χ4v) is 2.64. The lowest BCUT2D eigenvalue weighted by molar-refractivity contribution is -0.137. The first-order valence-electron chi connectivity index (χ1n) is 7.76. The Bertz CT molecular complexity index is 973. The van der Waals surface area contributed by atoms with Gasteiger partial charge < -0.3 is 4.74 Å². The molecule has 0 aliphatic heterocycles. The van der Waals surface area contributed by atoms with Crippen molar-refractivity contribution in [3.05, 3.63) is 76.0 Å². The third-order valence-electron chi connectivity index (χ3n) is 3.92. The summed E-state index contributed by atoms with van der Waals surface area (Å²) in [6.45, 7) is 1.78. The lowest BCUT2D eigenvalue weighted by atomic mass is 10.2. The summed E-state index contributed by atoms with van der Waals surface area (Å²) in [7, 11) is 1.56. The van der Waals surface area contributed by atoms with Crippen LogP contribution in [0.3, 0.4) is 0 Å². The summed E-state index contributed by atoms with van der Waals surface area (Å²) in [4.78, 5) is 12.6. The summed E-state index contributed by atoms with van der Waals surface area (Å²) < 4.78 is 46.2. The molecule has 0 atom stereocenters. The number of hydrogen-bond donors (Lipinski definition) is 0. The molecule has 0 radical (unpaired) electrons. The van der Waals surface area contributed by atoms with E-state index < -0.39 is 17.4 Å². The molecule has 0 aliphatic carbocycles. The SMILES string of the molecule is COc1ccc(Cn2nc(C)n(-c3cccc(C(F)(F)F)c3)c2=O)cc1. The van der Waals surface area contributed by atoms with Crippen LogP contribution in [0.1, 0.15) is 17.0 Å². The number of nitrogens with zero attached hydrogens (tertiary/aromatic N) is 3. The minimum atomic E-state index is -4.48. The molecule has 26 heavy (non-hydrogen) atoms. The van der Waals surface area contributed by atoms with Crippen LogP contribution in [-0.2, 0) is 12.7 Å². The van der Waals surface area contributed by atoms with Crippen LogP contribution in [0.4, 0.5) is 13.2 Å². The summed E-state index contributed by atoms with van der Waals surface area (Å²) in [5.74, 6) is 0.995. The molecule has 0 spiro atoms. The van der Waals surface area contributed by atoms with E-state index in [0.29, 0.717) is 11.6 Å². The van der Waals surface area contributed by atoms with Gasteiger partial charge in [0.2, 0.25) is 0 Å². The van der Waals surface area contributed by atoms with Crippen molar-refractivity contribution < 1.29 is 17.9 Å². The van der Waals surface area contributed by atoms with Crippen LogP contribution in [0.2, 0.25) is 0 Å². The number of methoxy groups -OCH3 is 1. The zero-order chi connectivity index (χ0) is 18.9. The van der Waals surface area contributed by atoms with E-state index in [-0.39, 0.29) is 12.2 Å². The van der Waals surface area contributed by atoms with E-state index in [1.165, 1.54) is 21.4 Å². The molecule has 0 aliphatic rings. The number of aryl methyl sites for hydroxylation is 1. The van der Waals surface area contributed by atoms with Crippen LogP contribution >= 0.6 is 0 Å². The van der Waals surface area contributed by atoms with Gasteiger partial charge in [-0.2, -0.15) is 18.3 Å². The lowest BCUT2D eigenvalue weighted by Crippen LogP contribution is -2.25. The summed E-state index contributed by atoms with van der Waals surface area (Å²) in [5, 5.41) is 4.17. The first-order chi connectivity index (χ1) is 12.3. The van der Waals surface area contributed by atoms with Crippen molar-refractivity contribution in [2.24, 2.45) is 0 Å². The van der Waals surface area contributed by atoms with Gasteiger partial charge in [0.25, 0.3) is 0 Å². The molecular weight excluding hydrogens is 347 g/mol. The largest absolute Gasteiger partial charge is 0.497 e. The van der Waals surface area contributed by atoms with Gasteiger partial charge >= 0.3 is 11.9 Å². The summed E-state index contributed by atoms with van der Waals surface area (Å²) in [5.41, 5.74) is -0.369. The highest BCUT2D eigenvalue weighted by Gasteiger charge is 2.30. The summed E-state index contributed by atoms with van der Waals surface area (Å²) in [6.07, 6.45) is -4.48. The molecule has 0 saturated carbocycles. The normalized spacial score (nSPS) is 11.6. The van der Waals surface area contributed by atoms with Gasteiger partial charge in [-0.3, -0.25) is 0 Å². The predicted molar refractivity (Wildman–Crippen MR) is 89.7 cm³/mol. The highest BCUT2D eigenvalue weighted by atomic mass is 19.4. The van der Waals surface area contributed by atoms with Gasteiger partial charge in [0.05, 0.1) is 24.9 Å². The van der Waals surface area contributed by atoms with E-state index in [4.69, 9.17) is 4.74 Å². The molecule has 5 nitrogen and oxygen atoms in total. The van der Waals surface area contributed by atoms with E-state index in [9.17, 15) is 18.0 Å². The number of halogens is 3. The van der Waals surface area contributed by atoms with Crippen molar-refractivity contribution in [3.8, 4) is 11.4 Å². The molecule has 0 bridgehead atoms. The second-order valence-corrected chi connectivity index (χ2v) is 5.72. The van der Waals surface area contributed by atoms with Gasteiger partial charge in [-0.1, -0.05) is 18.2 Å². The van der Waals surface area contributed by atoms with Crippen molar-refractivity contribution in [1.29, 1.82) is 0 Å². The maximum atomic E-state index is 12.9. The fourth-order valence-electron chi connectivity index (χ4n) is 2.64. The Hall–Kier alpha value is -3.03. The van der Waals surface area contributed by atoms with E-state index in [2.05, 4.69) is 5.10 Å². The average molecular weight is 363 g/mol. The molecule has 3 aromatic rings. The molecule has 8 heteroatoms. The zero-order valence-electron chi connectivity index (χ0n) is 14.1. The highest BCUT2D eigenvalue weighted by Crippen LogP contribution is 2.30. The van der Waals surface area contributed by atoms with Crippen molar-refractivity contribution in [1.82, 2.24) is 14.3 Å². The summed E-state index contributed by atoms with van der Waals surface area (Å²) in [6, 6.07) is 11.7. The van der Waals surface area contributed by atoms with Crippen LogP contribution < -0.4 is 10.4 Å². The quantitative estimate of drug-likeness (QED) is 0.714.